The van der Waals surface area contributed by atoms with Crippen LogP contribution in [0.5, 0.6) is 0 Å². The van der Waals surface area contributed by atoms with Crippen LogP contribution >= 0.6 is 11.6 Å². The molecule has 0 unspecified atom stereocenters. The number of hydrogen-bond acceptors (Lipinski definition) is 2. The summed E-state index contributed by atoms with van der Waals surface area (Å²) in [5.41, 5.74) is -1.54. The molecular weight excluding hydrogens is 343 g/mol. The number of alkyl halides is 3. The zero-order valence-corrected chi connectivity index (χ0v) is 13.7. The van der Waals surface area contributed by atoms with Gasteiger partial charge in [0, 0.05) is 10.6 Å². The minimum Gasteiger partial charge on any atom is -0.478 e. The van der Waals surface area contributed by atoms with Gasteiger partial charge in [0.15, 0.2) is 0 Å². The van der Waals surface area contributed by atoms with E-state index in [1.807, 2.05) is 0 Å². The summed E-state index contributed by atoms with van der Waals surface area (Å²) in [4.78, 5) is 15.6. The predicted octanol–water partition coefficient (Wildman–Crippen LogP) is 5.32. The Balaban J connectivity index is 2.74. The van der Waals surface area contributed by atoms with Crippen LogP contribution in [0.3, 0.4) is 0 Å². The monoisotopic (exact) mass is 357 g/mol. The molecule has 0 amide bonds. The zero-order valence-electron chi connectivity index (χ0n) is 13.0. The maximum Gasteiger partial charge on any atom is 0.417 e. The van der Waals surface area contributed by atoms with Crippen molar-refractivity contribution < 1.29 is 23.1 Å². The fourth-order valence-corrected chi connectivity index (χ4v) is 2.49. The van der Waals surface area contributed by atoms with Crippen molar-refractivity contribution >= 4 is 17.6 Å². The molecule has 2 aromatic rings. The van der Waals surface area contributed by atoms with Crippen molar-refractivity contribution in [1.29, 1.82) is 0 Å². The fraction of sp³-hybridized carbons (Fsp3) is 0.294. The second-order valence-electron chi connectivity index (χ2n) is 5.78. The smallest absolute Gasteiger partial charge is 0.417 e. The lowest BCUT2D eigenvalue weighted by molar-refractivity contribution is -0.138. The van der Waals surface area contributed by atoms with Crippen LogP contribution in [0.2, 0.25) is 5.02 Å². The van der Waals surface area contributed by atoms with Gasteiger partial charge in [0.1, 0.15) is 0 Å². The van der Waals surface area contributed by atoms with E-state index in [-0.39, 0.29) is 23.7 Å². The standard InChI is InChI=1S/C17H15ClF3NO2/c1-9(2)7-14-15(16(23)24)12(17(19,20)21)8-13(22-14)10-3-5-11(18)6-4-10/h3-6,8-9H,7H2,1-2H3,(H,23,24). The third-order valence-electron chi connectivity index (χ3n) is 3.36. The van der Waals surface area contributed by atoms with Crippen LogP contribution in [0.1, 0.15) is 35.5 Å². The number of carboxylic acid groups (broad SMARTS) is 1. The highest BCUT2D eigenvalue weighted by Crippen LogP contribution is 2.36. The predicted molar refractivity (Wildman–Crippen MR) is 85.2 cm³/mol. The number of halogens is 4. The average Bonchev–Trinajstić information content (AvgIpc) is 2.45. The molecular formula is C17H15ClF3NO2. The van der Waals surface area contributed by atoms with E-state index in [4.69, 9.17) is 11.6 Å². The van der Waals surface area contributed by atoms with Crippen molar-refractivity contribution in [2.75, 3.05) is 0 Å². The molecule has 0 saturated heterocycles. The molecule has 128 valence electrons. The molecule has 7 heteroatoms. The van der Waals surface area contributed by atoms with Crippen LogP contribution in [-0.2, 0) is 12.6 Å². The van der Waals surface area contributed by atoms with Crippen LogP contribution in [0.15, 0.2) is 30.3 Å². The van der Waals surface area contributed by atoms with Gasteiger partial charge >= 0.3 is 12.1 Å². The van der Waals surface area contributed by atoms with Crippen molar-refractivity contribution in [2.24, 2.45) is 5.92 Å². The molecule has 0 aliphatic rings. The first-order chi connectivity index (χ1) is 11.1. The Hall–Kier alpha value is -2.08. The number of carboxylic acids is 1. The van der Waals surface area contributed by atoms with Gasteiger partial charge in [0.25, 0.3) is 0 Å². The van der Waals surface area contributed by atoms with E-state index in [1.54, 1.807) is 38.1 Å². The highest BCUT2D eigenvalue weighted by molar-refractivity contribution is 6.30. The zero-order chi connectivity index (χ0) is 18.1. The molecule has 0 aliphatic heterocycles. The molecule has 0 spiro atoms. The molecule has 1 aromatic heterocycles. The number of nitrogens with zero attached hydrogens (tertiary/aromatic N) is 1. The van der Waals surface area contributed by atoms with E-state index in [0.717, 1.165) is 6.07 Å². The van der Waals surface area contributed by atoms with E-state index in [2.05, 4.69) is 4.98 Å². The van der Waals surface area contributed by atoms with Gasteiger partial charge in [-0.05, 0) is 30.5 Å². The quantitative estimate of drug-likeness (QED) is 0.805. The second kappa shape index (κ2) is 6.81. The Bertz CT molecular complexity index is 756. The van der Waals surface area contributed by atoms with Crippen LogP contribution in [0.4, 0.5) is 13.2 Å². The SMILES string of the molecule is CC(C)Cc1nc(-c2ccc(Cl)cc2)cc(C(F)(F)F)c1C(=O)O. The number of aromatic nitrogens is 1. The third kappa shape index (κ3) is 4.06. The van der Waals surface area contributed by atoms with E-state index >= 15 is 0 Å². The van der Waals surface area contributed by atoms with E-state index in [0.29, 0.717) is 10.6 Å². The first kappa shape index (κ1) is 18.3. The average molecular weight is 358 g/mol. The summed E-state index contributed by atoms with van der Waals surface area (Å²) in [5.74, 6) is -1.68. The molecule has 0 aliphatic carbocycles. The van der Waals surface area contributed by atoms with E-state index < -0.39 is 23.3 Å². The highest BCUT2D eigenvalue weighted by Gasteiger charge is 2.38. The molecule has 0 saturated carbocycles. The molecule has 1 aromatic carbocycles. The number of pyridine rings is 1. The molecule has 0 radical (unpaired) electrons. The Morgan fingerprint density at radius 1 is 1.25 bits per heavy atom. The van der Waals surface area contributed by atoms with Gasteiger partial charge in [0.2, 0.25) is 0 Å². The summed E-state index contributed by atoms with van der Waals surface area (Å²) >= 11 is 5.79. The summed E-state index contributed by atoms with van der Waals surface area (Å²) in [6.07, 6.45) is -4.66. The molecule has 24 heavy (non-hydrogen) atoms. The maximum atomic E-state index is 13.4. The first-order valence-corrected chi connectivity index (χ1v) is 7.57. The van der Waals surface area contributed by atoms with Crippen molar-refractivity contribution in [3.05, 3.63) is 52.2 Å². The lowest BCUT2D eigenvalue weighted by Crippen LogP contribution is -2.18. The van der Waals surface area contributed by atoms with Crippen LogP contribution < -0.4 is 0 Å². The molecule has 0 bridgehead atoms. The van der Waals surface area contributed by atoms with Gasteiger partial charge in [-0.15, -0.1) is 0 Å². The van der Waals surface area contributed by atoms with Crippen LogP contribution in [0.25, 0.3) is 11.3 Å². The van der Waals surface area contributed by atoms with Gasteiger partial charge < -0.3 is 5.11 Å². The topological polar surface area (TPSA) is 50.2 Å². The van der Waals surface area contributed by atoms with Crippen molar-refractivity contribution in [3.8, 4) is 11.3 Å². The summed E-state index contributed by atoms with van der Waals surface area (Å²) < 4.78 is 40.1. The number of carbonyl (C=O) groups is 1. The molecule has 2 rings (SSSR count). The highest BCUT2D eigenvalue weighted by atomic mass is 35.5. The molecule has 1 heterocycles. The lowest BCUT2D eigenvalue weighted by Gasteiger charge is -2.17. The minimum atomic E-state index is -4.79. The number of benzene rings is 1. The molecule has 0 atom stereocenters. The Labute approximate surface area is 142 Å². The van der Waals surface area contributed by atoms with Gasteiger partial charge in [-0.1, -0.05) is 37.6 Å². The lowest BCUT2D eigenvalue weighted by atomic mass is 9.96. The Kier molecular flexibility index (Phi) is 5.18. The molecule has 3 nitrogen and oxygen atoms in total. The summed E-state index contributed by atoms with van der Waals surface area (Å²) in [5, 5.41) is 9.71. The fourth-order valence-electron chi connectivity index (χ4n) is 2.36. The summed E-state index contributed by atoms with van der Waals surface area (Å²) in [7, 11) is 0. The first-order valence-electron chi connectivity index (χ1n) is 7.20. The molecule has 0 fully saturated rings. The number of aromatic carboxylic acids is 1. The van der Waals surface area contributed by atoms with E-state index in [1.165, 1.54) is 0 Å². The second-order valence-corrected chi connectivity index (χ2v) is 6.22. The summed E-state index contributed by atoms with van der Waals surface area (Å²) in [6.45, 7) is 3.57. The van der Waals surface area contributed by atoms with Gasteiger partial charge in [-0.25, -0.2) is 4.79 Å². The third-order valence-corrected chi connectivity index (χ3v) is 3.61. The number of rotatable bonds is 4. The Morgan fingerprint density at radius 2 is 1.83 bits per heavy atom. The van der Waals surface area contributed by atoms with Gasteiger partial charge in [-0.2, -0.15) is 13.2 Å². The largest absolute Gasteiger partial charge is 0.478 e. The Morgan fingerprint density at radius 3 is 2.29 bits per heavy atom. The van der Waals surface area contributed by atoms with E-state index in [9.17, 15) is 23.1 Å². The molecule has 1 N–H and O–H groups in total. The van der Waals surface area contributed by atoms with Crippen LogP contribution in [0, 0.1) is 5.92 Å². The summed E-state index contributed by atoms with van der Waals surface area (Å²) in [6, 6.07) is 6.95. The van der Waals surface area contributed by atoms with Crippen LogP contribution in [-0.4, -0.2) is 16.1 Å². The number of hydrogen-bond donors (Lipinski definition) is 1. The maximum absolute atomic E-state index is 13.4. The minimum absolute atomic E-state index is 0.0443. The van der Waals surface area contributed by atoms with Gasteiger partial charge in [-0.3, -0.25) is 4.98 Å². The van der Waals surface area contributed by atoms with Crippen molar-refractivity contribution in [1.82, 2.24) is 4.98 Å². The van der Waals surface area contributed by atoms with Crippen molar-refractivity contribution in [2.45, 2.75) is 26.4 Å². The van der Waals surface area contributed by atoms with Crippen molar-refractivity contribution in [3.63, 3.8) is 0 Å². The normalized spacial score (nSPS) is 11.8. The van der Waals surface area contributed by atoms with Gasteiger partial charge in [0.05, 0.1) is 22.5 Å².